The molecule has 31 heavy (non-hydrogen) atoms. The first-order chi connectivity index (χ1) is 14.7. The molecule has 0 aromatic carbocycles. The molecule has 3 amide bonds. The minimum atomic E-state index is -1.32. The number of thiophene rings is 1. The maximum atomic E-state index is 14.2. The Balaban J connectivity index is 1.55. The fourth-order valence-electron chi connectivity index (χ4n) is 3.58. The molecule has 162 valence electrons. The first kappa shape index (κ1) is 21.4. The average molecular weight is 509 g/mol. The second-order valence-corrected chi connectivity index (χ2v) is 9.24. The van der Waals surface area contributed by atoms with Gasteiger partial charge in [-0.15, -0.1) is 11.3 Å². The summed E-state index contributed by atoms with van der Waals surface area (Å²) in [5.74, 6) is -1.40. The number of likely N-dealkylation sites (tertiary alicyclic amines) is 1. The third-order valence-electron chi connectivity index (χ3n) is 4.91. The lowest BCUT2D eigenvalue weighted by atomic mass is 10.2. The number of halogens is 2. The van der Waals surface area contributed by atoms with Gasteiger partial charge in [-0.2, -0.15) is 5.10 Å². The van der Waals surface area contributed by atoms with E-state index in [1.165, 1.54) is 20.9 Å². The number of hydrogen-bond donors (Lipinski definition) is 2. The van der Waals surface area contributed by atoms with Crippen LogP contribution in [0.5, 0.6) is 0 Å². The van der Waals surface area contributed by atoms with Crippen LogP contribution in [-0.2, 0) is 16.1 Å². The molecule has 4 heterocycles. The molecule has 1 saturated heterocycles. The summed E-state index contributed by atoms with van der Waals surface area (Å²) in [6.45, 7) is 1.43. The normalized spacial score (nSPS) is 18.5. The van der Waals surface area contributed by atoms with Gasteiger partial charge in [0.2, 0.25) is 11.8 Å². The van der Waals surface area contributed by atoms with Gasteiger partial charge in [0.25, 0.3) is 5.91 Å². The monoisotopic (exact) mass is 508 g/mol. The summed E-state index contributed by atoms with van der Waals surface area (Å²) in [7, 11) is 0. The Kier molecular flexibility index (Phi) is 5.75. The van der Waals surface area contributed by atoms with E-state index < -0.39 is 29.9 Å². The van der Waals surface area contributed by atoms with E-state index in [0.717, 1.165) is 4.88 Å². The Hall–Kier alpha value is -2.86. The van der Waals surface area contributed by atoms with Crippen molar-refractivity contribution in [1.82, 2.24) is 19.7 Å². The fourth-order valence-corrected chi connectivity index (χ4v) is 4.92. The number of hydrogen-bond acceptors (Lipinski definition) is 6. The molecule has 3 aromatic heterocycles. The smallest absolute Gasteiger partial charge is 0.270 e. The number of anilines is 1. The van der Waals surface area contributed by atoms with Crippen LogP contribution >= 0.6 is 27.3 Å². The van der Waals surface area contributed by atoms with Gasteiger partial charge in [0.15, 0.2) is 5.69 Å². The molecule has 9 nitrogen and oxygen atoms in total. The molecule has 4 rings (SSSR count). The number of aromatic nitrogens is 3. The largest absolute Gasteiger partial charge is 0.364 e. The van der Waals surface area contributed by atoms with E-state index in [-0.39, 0.29) is 25.2 Å². The van der Waals surface area contributed by atoms with Gasteiger partial charge >= 0.3 is 0 Å². The first-order valence-corrected chi connectivity index (χ1v) is 11.0. The topological polar surface area (TPSA) is 123 Å². The number of pyridine rings is 1. The van der Waals surface area contributed by atoms with Crippen LogP contribution < -0.4 is 11.1 Å². The van der Waals surface area contributed by atoms with E-state index >= 15 is 0 Å². The van der Waals surface area contributed by atoms with Gasteiger partial charge in [-0.3, -0.25) is 19.1 Å². The van der Waals surface area contributed by atoms with Crippen molar-refractivity contribution in [2.24, 2.45) is 5.73 Å². The van der Waals surface area contributed by atoms with Crippen LogP contribution in [0.25, 0.3) is 10.2 Å². The molecule has 0 radical (unpaired) electrons. The summed E-state index contributed by atoms with van der Waals surface area (Å²) in [6.07, 6.45) is -1.43. The summed E-state index contributed by atoms with van der Waals surface area (Å²) in [6, 6.07) is 5.83. The number of amides is 3. The molecule has 1 aliphatic rings. The second-order valence-electron chi connectivity index (χ2n) is 7.17. The number of fused-ring (bicyclic) bond motifs is 1. The third-order valence-corrected chi connectivity index (χ3v) is 6.40. The van der Waals surface area contributed by atoms with Gasteiger partial charge in [0, 0.05) is 11.3 Å². The van der Waals surface area contributed by atoms with E-state index in [2.05, 4.69) is 31.3 Å². The summed E-state index contributed by atoms with van der Waals surface area (Å²) in [4.78, 5) is 43.7. The molecule has 3 N–H and O–H groups in total. The van der Waals surface area contributed by atoms with Gasteiger partial charge in [-0.25, -0.2) is 9.37 Å². The minimum absolute atomic E-state index is 0.0840. The minimum Gasteiger partial charge on any atom is -0.364 e. The highest BCUT2D eigenvalue weighted by molar-refractivity contribution is 9.10. The van der Waals surface area contributed by atoms with Crippen LogP contribution in [0, 0.1) is 6.92 Å². The fraction of sp³-hybridized carbons (Fsp3) is 0.316. The molecular formula is C19H18BrFN6O3S. The first-order valence-electron chi connectivity index (χ1n) is 9.36. The zero-order valence-electron chi connectivity index (χ0n) is 16.3. The van der Waals surface area contributed by atoms with Crippen molar-refractivity contribution < 1.29 is 18.8 Å². The zero-order chi connectivity index (χ0) is 22.3. The van der Waals surface area contributed by atoms with Crippen molar-refractivity contribution in [1.29, 1.82) is 0 Å². The SMILES string of the molecule is Cc1cc2c(s1)c(C(N)=O)nn2CC(=O)N1C[C@H](F)C[C@H]1C(=O)Nc1cccc(Br)n1. The van der Waals surface area contributed by atoms with E-state index in [1.807, 2.05) is 6.92 Å². The van der Waals surface area contributed by atoms with Crippen LogP contribution in [-0.4, -0.2) is 56.1 Å². The highest BCUT2D eigenvalue weighted by Crippen LogP contribution is 2.29. The van der Waals surface area contributed by atoms with E-state index in [1.54, 1.807) is 24.3 Å². The Labute approximate surface area is 188 Å². The van der Waals surface area contributed by atoms with Crippen LogP contribution in [0.15, 0.2) is 28.9 Å². The highest BCUT2D eigenvalue weighted by atomic mass is 79.9. The molecule has 0 saturated carbocycles. The molecule has 1 aliphatic heterocycles. The number of rotatable bonds is 5. The number of carbonyl (C=O) groups is 3. The third kappa shape index (κ3) is 4.30. The standard InChI is InChI=1S/C19H18BrFN6O3S/c1-9-5-11-17(31-9)16(18(22)29)25-27(11)8-15(28)26-7-10(21)6-12(26)19(30)24-14-4-2-3-13(20)23-14/h2-5,10,12H,6-8H2,1H3,(H2,22,29)(H,23,24,30)/t10-,12+/m1/s1. The second kappa shape index (κ2) is 8.35. The molecule has 2 atom stereocenters. The quantitative estimate of drug-likeness (QED) is 0.511. The summed E-state index contributed by atoms with van der Waals surface area (Å²) >= 11 is 4.57. The number of aryl methyl sites for hydroxylation is 1. The van der Waals surface area contributed by atoms with Crippen LogP contribution in [0.1, 0.15) is 21.8 Å². The molecule has 0 spiro atoms. The molecule has 12 heteroatoms. The van der Waals surface area contributed by atoms with Crippen molar-refractivity contribution in [3.05, 3.63) is 39.4 Å². The van der Waals surface area contributed by atoms with E-state index in [4.69, 9.17) is 5.73 Å². The lowest BCUT2D eigenvalue weighted by Gasteiger charge is -2.23. The molecule has 3 aromatic rings. The van der Waals surface area contributed by atoms with Gasteiger partial charge in [-0.1, -0.05) is 6.07 Å². The summed E-state index contributed by atoms with van der Waals surface area (Å²) in [5.41, 5.74) is 6.09. The van der Waals surface area contributed by atoms with Crippen molar-refractivity contribution >= 4 is 61.0 Å². The van der Waals surface area contributed by atoms with Gasteiger partial charge in [-0.05, 0) is 41.1 Å². The number of carbonyl (C=O) groups excluding carboxylic acids is 3. The van der Waals surface area contributed by atoms with E-state index in [9.17, 15) is 18.8 Å². The van der Waals surface area contributed by atoms with Crippen molar-refractivity contribution in [2.75, 3.05) is 11.9 Å². The number of primary amides is 1. The van der Waals surface area contributed by atoms with Gasteiger partial charge in [0.1, 0.15) is 29.2 Å². The van der Waals surface area contributed by atoms with E-state index in [0.29, 0.717) is 20.6 Å². The maximum absolute atomic E-state index is 14.2. The summed E-state index contributed by atoms with van der Waals surface area (Å²) < 4.78 is 16.7. The number of nitrogens with one attached hydrogen (secondary N) is 1. The van der Waals surface area contributed by atoms with Crippen LogP contribution in [0.3, 0.4) is 0 Å². The number of nitrogens with two attached hydrogens (primary N) is 1. The predicted octanol–water partition coefficient (Wildman–Crippen LogP) is 2.24. The van der Waals surface area contributed by atoms with Crippen molar-refractivity contribution in [3.8, 4) is 0 Å². The number of nitrogens with zero attached hydrogens (tertiary/aromatic N) is 4. The highest BCUT2D eigenvalue weighted by Gasteiger charge is 2.40. The Bertz CT molecular complexity index is 1190. The lowest BCUT2D eigenvalue weighted by Crippen LogP contribution is -2.44. The summed E-state index contributed by atoms with van der Waals surface area (Å²) in [5, 5.41) is 6.79. The van der Waals surface area contributed by atoms with Crippen molar-refractivity contribution in [2.45, 2.75) is 32.1 Å². The zero-order valence-corrected chi connectivity index (χ0v) is 18.7. The lowest BCUT2D eigenvalue weighted by molar-refractivity contribution is -0.137. The molecule has 1 fully saturated rings. The van der Waals surface area contributed by atoms with Crippen LogP contribution in [0.2, 0.25) is 0 Å². The molecule has 0 bridgehead atoms. The van der Waals surface area contributed by atoms with Crippen LogP contribution in [0.4, 0.5) is 10.2 Å². The van der Waals surface area contributed by atoms with Crippen molar-refractivity contribution in [3.63, 3.8) is 0 Å². The average Bonchev–Trinajstić information content (AvgIpc) is 3.35. The maximum Gasteiger partial charge on any atom is 0.270 e. The molecular weight excluding hydrogens is 491 g/mol. The Morgan fingerprint density at radius 2 is 2.16 bits per heavy atom. The van der Waals surface area contributed by atoms with Gasteiger partial charge < -0.3 is 16.0 Å². The number of alkyl halides is 1. The predicted molar refractivity (Wildman–Crippen MR) is 116 cm³/mol. The molecule has 0 unspecified atom stereocenters. The van der Waals surface area contributed by atoms with Gasteiger partial charge in [0.05, 0.1) is 16.8 Å². The Morgan fingerprint density at radius 3 is 2.87 bits per heavy atom. The Morgan fingerprint density at radius 1 is 1.39 bits per heavy atom. The molecule has 0 aliphatic carbocycles.